The van der Waals surface area contributed by atoms with Crippen molar-refractivity contribution in [1.29, 1.82) is 0 Å². The number of amides is 1. The molecule has 0 spiro atoms. The highest BCUT2D eigenvalue weighted by atomic mass is 16.1. The van der Waals surface area contributed by atoms with E-state index in [0.717, 1.165) is 36.1 Å². The molecule has 0 saturated carbocycles. The normalized spacial score (nSPS) is 22.9. The predicted molar refractivity (Wildman–Crippen MR) is 78.4 cm³/mol. The van der Waals surface area contributed by atoms with E-state index in [1.54, 1.807) is 6.20 Å². The van der Waals surface area contributed by atoms with Crippen molar-refractivity contribution in [1.82, 2.24) is 20.6 Å². The zero-order chi connectivity index (χ0) is 13.9. The van der Waals surface area contributed by atoms with Crippen molar-refractivity contribution in [2.45, 2.75) is 25.8 Å². The Morgan fingerprint density at radius 3 is 3.30 bits per heavy atom. The first kappa shape index (κ1) is 13.1. The van der Waals surface area contributed by atoms with E-state index in [9.17, 15) is 4.79 Å². The van der Waals surface area contributed by atoms with Crippen LogP contribution >= 0.6 is 0 Å². The summed E-state index contributed by atoms with van der Waals surface area (Å²) in [5.74, 6) is 0.611. The summed E-state index contributed by atoms with van der Waals surface area (Å²) in [6.07, 6.45) is 5.13. The number of H-pyrrole nitrogens is 1. The fraction of sp³-hybridized carbons (Fsp3) is 0.467. The van der Waals surface area contributed by atoms with Gasteiger partial charge in [0.15, 0.2) is 0 Å². The average Bonchev–Trinajstić information content (AvgIpc) is 2.85. The topological polar surface area (TPSA) is 69.8 Å². The van der Waals surface area contributed by atoms with Gasteiger partial charge in [0.2, 0.25) is 5.91 Å². The molecule has 2 aromatic rings. The Bertz CT molecular complexity index is 607. The fourth-order valence-electron chi connectivity index (χ4n) is 2.77. The number of aromatic nitrogens is 2. The van der Waals surface area contributed by atoms with E-state index in [1.807, 2.05) is 18.3 Å². The van der Waals surface area contributed by atoms with Gasteiger partial charge < -0.3 is 15.6 Å². The minimum Gasteiger partial charge on any atom is -0.352 e. The van der Waals surface area contributed by atoms with Crippen molar-refractivity contribution < 1.29 is 4.79 Å². The summed E-state index contributed by atoms with van der Waals surface area (Å²) in [6.45, 7) is 4.10. The van der Waals surface area contributed by atoms with Gasteiger partial charge in [-0.05, 0) is 36.6 Å². The number of hydrogen-bond donors (Lipinski definition) is 3. The van der Waals surface area contributed by atoms with Gasteiger partial charge in [0.05, 0.1) is 6.42 Å². The molecule has 3 heterocycles. The molecule has 5 heteroatoms. The van der Waals surface area contributed by atoms with E-state index >= 15 is 0 Å². The first-order valence-electron chi connectivity index (χ1n) is 7.15. The summed E-state index contributed by atoms with van der Waals surface area (Å²) in [6, 6.07) is 4.12. The van der Waals surface area contributed by atoms with Crippen molar-refractivity contribution in [3.8, 4) is 0 Å². The lowest BCUT2D eigenvalue weighted by Gasteiger charge is -2.30. The SMILES string of the molecule is CC1CCNCC1NC(=O)Cc1c[nH]c2ncccc12. The third-order valence-electron chi connectivity index (χ3n) is 4.06. The molecule has 1 fully saturated rings. The van der Waals surface area contributed by atoms with Crippen molar-refractivity contribution in [2.75, 3.05) is 13.1 Å². The second-order valence-electron chi connectivity index (χ2n) is 5.53. The van der Waals surface area contributed by atoms with E-state index in [0.29, 0.717) is 12.3 Å². The molecular formula is C15H20N4O. The maximum Gasteiger partial charge on any atom is 0.224 e. The Balaban J connectivity index is 1.66. The summed E-state index contributed by atoms with van der Waals surface area (Å²) in [4.78, 5) is 19.5. The first-order valence-corrected chi connectivity index (χ1v) is 7.15. The molecule has 0 aromatic carbocycles. The standard InChI is InChI=1S/C15H20N4O/c1-10-4-6-16-9-13(10)19-14(20)7-11-8-18-15-12(11)3-2-5-17-15/h2-3,5,8,10,13,16H,4,6-7,9H2,1H3,(H,17,18)(H,19,20). The van der Waals surface area contributed by atoms with E-state index in [-0.39, 0.29) is 11.9 Å². The van der Waals surface area contributed by atoms with Crippen LogP contribution in [0.25, 0.3) is 11.0 Å². The van der Waals surface area contributed by atoms with Gasteiger partial charge in [-0.1, -0.05) is 6.92 Å². The second-order valence-corrected chi connectivity index (χ2v) is 5.53. The molecule has 3 rings (SSSR count). The molecular weight excluding hydrogens is 252 g/mol. The molecule has 0 aliphatic carbocycles. The van der Waals surface area contributed by atoms with Gasteiger partial charge in [-0.3, -0.25) is 4.79 Å². The number of carbonyl (C=O) groups is 1. The minimum absolute atomic E-state index is 0.0790. The van der Waals surface area contributed by atoms with Crippen LogP contribution in [0.5, 0.6) is 0 Å². The number of hydrogen-bond acceptors (Lipinski definition) is 3. The number of nitrogens with zero attached hydrogens (tertiary/aromatic N) is 1. The highest BCUT2D eigenvalue weighted by molar-refractivity contribution is 5.87. The fourth-order valence-corrected chi connectivity index (χ4v) is 2.77. The largest absolute Gasteiger partial charge is 0.352 e. The summed E-state index contributed by atoms with van der Waals surface area (Å²) < 4.78 is 0. The number of fused-ring (bicyclic) bond motifs is 1. The maximum atomic E-state index is 12.2. The third kappa shape index (κ3) is 2.67. The minimum atomic E-state index is 0.0790. The van der Waals surface area contributed by atoms with Gasteiger partial charge in [-0.15, -0.1) is 0 Å². The van der Waals surface area contributed by atoms with Crippen molar-refractivity contribution in [3.05, 3.63) is 30.1 Å². The number of nitrogens with one attached hydrogen (secondary N) is 3. The summed E-state index contributed by atoms with van der Waals surface area (Å²) in [5, 5.41) is 7.49. The lowest BCUT2D eigenvalue weighted by molar-refractivity contribution is -0.121. The van der Waals surface area contributed by atoms with E-state index in [4.69, 9.17) is 0 Å². The first-order chi connectivity index (χ1) is 9.74. The smallest absolute Gasteiger partial charge is 0.224 e. The van der Waals surface area contributed by atoms with Crippen molar-refractivity contribution >= 4 is 16.9 Å². The molecule has 0 bridgehead atoms. The van der Waals surface area contributed by atoms with E-state index < -0.39 is 0 Å². The van der Waals surface area contributed by atoms with Crippen LogP contribution in [0.4, 0.5) is 0 Å². The molecule has 0 radical (unpaired) electrons. The number of pyridine rings is 1. The van der Waals surface area contributed by atoms with Crippen LogP contribution in [0.1, 0.15) is 18.9 Å². The zero-order valence-corrected chi connectivity index (χ0v) is 11.6. The van der Waals surface area contributed by atoms with Crippen LogP contribution in [-0.4, -0.2) is 35.0 Å². The summed E-state index contributed by atoms with van der Waals surface area (Å²) in [5.41, 5.74) is 1.84. The Kier molecular flexibility index (Phi) is 3.69. The molecule has 3 N–H and O–H groups in total. The molecule has 2 unspecified atom stereocenters. The third-order valence-corrected chi connectivity index (χ3v) is 4.06. The van der Waals surface area contributed by atoms with E-state index in [2.05, 4.69) is 27.5 Å². The molecule has 2 atom stereocenters. The number of carbonyl (C=O) groups excluding carboxylic acids is 1. The van der Waals surface area contributed by atoms with Crippen LogP contribution in [0, 0.1) is 5.92 Å². The Morgan fingerprint density at radius 1 is 1.55 bits per heavy atom. The summed E-state index contributed by atoms with van der Waals surface area (Å²) >= 11 is 0. The Morgan fingerprint density at radius 2 is 2.45 bits per heavy atom. The van der Waals surface area contributed by atoms with Crippen LogP contribution in [0.3, 0.4) is 0 Å². The molecule has 2 aromatic heterocycles. The van der Waals surface area contributed by atoms with Crippen LogP contribution in [0.2, 0.25) is 0 Å². The molecule has 1 aliphatic heterocycles. The lowest BCUT2D eigenvalue weighted by Crippen LogP contribution is -2.50. The zero-order valence-electron chi connectivity index (χ0n) is 11.6. The molecule has 106 valence electrons. The molecule has 1 aliphatic rings. The van der Waals surface area contributed by atoms with Crippen molar-refractivity contribution in [3.63, 3.8) is 0 Å². The van der Waals surface area contributed by atoms with Crippen LogP contribution in [-0.2, 0) is 11.2 Å². The molecule has 20 heavy (non-hydrogen) atoms. The Labute approximate surface area is 118 Å². The van der Waals surface area contributed by atoms with Crippen LogP contribution in [0.15, 0.2) is 24.5 Å². The van der Waals surface area contributed by atoms with E-state index in [1.165, 1.54) is 0 Å². The highest BCUT2D eigenvalue weighted by Crippen LogP contribution is 2.17. The van der Waals surface area contributed by atoms with Crippen LogP contribution < -0.4 is 10.6 Å². The molecule has 1 saturated heterocycles. The van der Waals surface area contributed by atoms with Gasteiger partial charge >= 0.3 is 0 Å². The lowest BCUT2D eigenvalue weighted by atomic mass is 9.94. The number of rotatable bonds is 3. The maximum absolute atomic E-state index is 12.2. The quantitative estimate of drug-likeness (QED) is 0.787. The monoisotopic (exact) mass is 272 g/mol. The molecule has 1 amide bonds. The number of aromatic amines is 1. The number of piperidine rings is 1. The van der Waals surface area contributed by atoms with Crippen molar-refractivity contribution in [2.24, 2.45) is 5.92 Å². The Hall–Kier alpha value is -1.88. The van der Waals surface area contributed by atoms with Gasteiger partial charge in [0.1, 0.15) is 5.65 Å². The predicted octanol–water partition coefficient (Wildman–Crippen LogP) is 1.22. The van der Waals surface area contributed by atoms with Gasteiger partial charge in [0.25, 0.3) is 0 Å². The van der Waals surface area contributed by atoms with Gasteiger partial charge in [-0.2, -0.15) is 0 Å². The highest BCUT2D eigenvalue weighted by Gasteiger charge is 2.22. The molecule has 5 nitrogen and oxygen atoms in total. The second kappa shape index (κ2) is 5.63. The van der Waals surface area contributed by atoms with Gasteiger partial charge in [0, 0.05) is 30.4 Å². The van der Waals surface area contributed by atoms with Gasteiger partial charge in [-0.25, -0.2) is 4.98 Å². The average molecular weight is 272 g/mol. The summed E-state index contributed by atoms with van der Waals surface area (Å²) in [7, 11) is 0.